The van der Waals surface area contributed by atoms with Crippen LogP contribution in [0.1, 0.15) is 31.2 Å². The number of guanidine groups is 1. The molecule has 1 aromatic rings. The lowest BCUT2D eigenvalue weighted by Gasteiger charge is -2.25. The molecule has 1 N–H and O–H groups in total. The Morgan fingerprint density at radius 3 is 2.45 bits per heavy atom. The van der Waals surface area contributed by atoms with Gasteiger partial charge in [0.05, 0.1) is 6.54 Å². The minimum Gasteiger partial charge on any atom is -0.355 e. The van der Waals surface area contributed by atoms with Crippen LogP contribution < -0.4 is 5.32 Å². The second-order valence-electron chi connectivity index (χ2n) is 6.37. The fourth-order valence-corrected chi connectivity index (χ4v) is 2.98. The van der Waals surface area contributed by atoms with E-state index in [4.69, 9.17) is 4.99 Å². The van der Waals surface area contributed by atoms with Gasteiger partial charge in [-0.1, -0.05) is 43.2 Å². The van der Waals surface area contributed by atoms with Crippen LogP contribution in [0.25, 0.3) is 0 Å². The number of likely N-dealkylation sites (N-methyl/N-ethyl adjacent to an activating group) is 1. The Morgan fingerprint density at radius 1 is 1.14 bits per heavy atom. The van der Waals surface area contributed by atoms with Crippen molar-refractivity contribution in [3.05, 3.63) is 35.9 Å². The van der Waals surface area contributed by atoms with Crippen molar-refractivity contribution in [2.24, 2.45) is 4.99 Å². The molecule has 1 aromatic carbocycles. The van der Waals surface area contributed by atoms with E-state index in [1.165, 1.54) is 31.2 Å². The molecule has 1 aliphatic rings. The van der Waals surface area contributed by atoms with Gasteiger partial charge in [-0.05, 0) is 25.5 Å². The van der Waals surface area contributed by atoms with E-state index in [1.807, 2.05) is 20.2 Å². The van der Waals surface area contributed by atoms with Gasteiger partial charge in [0.25, 0.3) is 0 Å². The zero-order valence-electron chi connectivity index (χ0n) is 14.3. The Kier molecular flexibility index (Phi) is 6.72. The molecule has 122 valence electrons. The Hall–Kier alpha value is -1.55. The Balaban J connectivity index is 1.78. The lowest BCUT2D eigenvalue weighted by Crippen LogP contribution is -2.42. The van der Waals surface area contributed by atoms with Gasteiger partial charge in [0, 0.05) is 33.2 Å². The topological polar surface area (TPSA) is 30.9 Å². The summed E-state index contributed by atoms with van der Waals surface area (Å²) >= 11 is 0. The summed E-state index contributed by atoms with van der Waals surface area (Å²) in [5.41, 5.74) is 1.24. The molecule has 0 unspecified atom stereocenters. The van der Waals surface area contributed by atoms with E-state index in [-0.39, 0.29) is 0 Å². The molecule has 2 rings (SSSR count). The zero-order chi connectivity index (χ0) is 15.8. The number of aliphatic imine (C=N–C) groups is 1. The van der Waals surface area contributed by atoms with Gasteiger partial charge in [-0.25, -0.2) is 4.99 Å². The van der Waals surface area contributed by atoms with Crippen LogP contribution in [0.15, 0.2) is 35.3 Å². The number of nitrogens with zero attached hydrogens (tertiary/aromatic N) is 3. The lowest BCUT2D eigenvalue weighted by molar-refractivity contribution is 0.248. The first-order valence-electron chi connectivity index (χ1n) is 8.36. The van der Waals surface area contributed by atoms with Gasteiger partial charge in [-0.3, -0.25) is 0 Å². The van der Waals surface area contributed by atoms with Crippen molar-refractivity contribution in [1.82, 2.24) is 15.1 Å². The average Bonchev–Trinajstić information content (AvgIpc) is 3.05. The maximum atomic E-state index is 4.70. The van der Waals surface area contributed by atoms with Gasteiger partial charge in [-0.2, -0.15) is 0 Å². The van der Waals surface area contributed by atoms with Gasteiger partial charge < -0.3 is 15.1 Å². The molecule has 0 bridgehead atoms. The molecule has 0 spiro atoms. The third-order valence-corrected chi connectivity index (χ3v) is 4.37. The molecule has 22 heavy (non-hydrogen) atoms. The third kappa shape index (κ3) is 5.34. The highest BCUT2D eigenvalue weighted by Gasteiger charge is 2.18. The van der Waals surface area contributed by atoms with Crippen molar-refractivity contribution in [3.63, 3.8) is 0 Å². The van der Waals surface area contributed by atoms with Crippen molar-refractivity contribution >= 4 is 5.96 Å². The van der Waals surface area contributed by atoms with Crippen LogP contribution in [0.5, 0.6) is 0 Å². The van der Waals surface area contributed by atoms with Crippen molar-refractivity contribution in [1.29, 1.82) is 0 Å². The predicted octanol–water partition coefficient (Wildman–Crippen LogP) is 2.57. The summed E-state index contributed by atoms with van der Waals surface area (Å²) in [6.07, 6.45) is 5.51. The maximum absolute atomic E-state index is 4.70. The lowest BCUT2D eigenvalue weighted by atomic mass is 10.2. The highest BCUT2D eigenvalue weighted by atomic mass is 15.3. The van der Waals surface area contributed by atoms with Crippen LogP contribution in [0.3, 0.4) is 0 Å². The molecule has 0 aromatic heterocycles. The first-order valence-corrected chi connectivity index (χ1v) is 8.36. The SMILES string of the molecule is CN(C)C(=NCc1ccccc1)NCCN(C)C1CCCC1. The quantitative estimate of drug-likeness (QED) is 0.647. The summed E-state index contributed by atoms with van der Waals surface area (Å²) in [7, 11) is 6.32. The minimum atomic E-state index is 0.722. The Labute approximate surface area is 135 Å². The van der Waals surface area contributed by atoms with E-state index in [1.54, 1.807) is 0 Å². The number of rotatable bonds is 6. The van der Waals surface area contributed by atoms with Gasteiger partial charge in [0.15, 0.2) is 5.96 Å². The van der Waals surface area contributed by atoms with E-state index < -0.39 is 0 Å². The first-order chi connectivity index (χ1) is 10.7. The van der Waals surface area contributed by atoms with E-state index >= 15 is 0 Å². The molecular weight excluding hydrogens is 272 g/mol. The molecule has 1 saturated carbocycles. The Morgan fingerprint density at radius 2 is 1.82 bits per heavy atom. The summed E-state index contributed by atoms with van der Waals surface area (Å²) in [4.78, 5) is 9.25. The second kappa shape index (κ2) is 8.79. The molecule has 0 saturated heterocycles. The fourth-order valence-electron chi connectivity index (χ4n) is 2.98. The van der Waals surface area contributed by atoms with Crippen molar-refractivity contribution in [2.45, 2.75) is 38.3 Å². The Bertz CT molecular complexity index is 449. The standard InChI is InChI=1S/C18H30N4/c1-21(2)18(20-15-16-9-5-4-6-10-16)19-13-14-22(3)17-11-7-8-12-17/h4-6,9-10,17H,7-8,11-15H2,1-3H3,(H,19,20). The molecule has 0 aliphatic heterocycles. The van der Waals surface area contributed by atoms with Gasteiger partial charge >= 0.3 is 0 Å². The zero-order valence-corrected chi connectivity index (χ0v) is 14.3. The molecule has 1 fully saturated rings. The normalized spacial score (nSPS) is 16.3. The molecular formula is C18H30N4. The summed E-state index contributed by atoms with van der Waals surface area (Å²) < 4.78 is 0. The summed E-state index contributed by atoms with van der Waals surface area (Å²) in [5, 5.41) is 3.48. The molecule has 0 amide bonds. The van der Waals surface area contributed by atoms with Gasteiger partial charge in [0.1, 0.15) is 0 Å². The van der Waals surface area contributed by atoms with Crippen LogP contribution in [-0.4, -0.2) is 56.0 Å². The van der Waals surface area contributed by atoms with E-state index in [0.717, 1.165) is 31.6 Å². The van der Waals surface area contributed by atoms with E-state index in [0.29, 0.717) is 0 Å². The molecule has 0 heterocycles. The van der Waals surface area contributed by atoms with E-state index in [9.17, 15) is 0 Å². The highest BCUT2D eigenvalue weighted by molar-refractivity contribution is 5.79. The van der Waals surface area contributed by atoms with Crippen LogP contribution in [0.2, 0.25) is 0 Å². The van der Waals surface area contributed by atoms with Crippen LogP contribution in [0, 0.1) is 0 Å². The van der Waals surface area contributed by atoms with Crippen molar-refractivity contribution < 1.29 is 0 Å². The molecule has 1 aliphatic carbocycles. The van der Waals surface area contributed by atoms with Crippen molar-refractivity contribution in [3.8, 4) is 0 Å². The minimum absolute atomic E-state index is 0.722. The summed E-state index contributed by atoms with van der Waals surface area (Å²) in [6.45, 7) is 2.74. The van der Waals surface area contributed by atoms with Gasteiger partial charge in [0.2, 0.25) is 0 Å². The predicted molar refractivity (Wildman–Crippen MR) is 94.2 cm³/mol. The largest absolute Gasteiger partial charge is 0.355 e. The van der Waals surface area contributed by atoms with Crippen LogP contribution in [0.4, 0.5) is 0 Å². The molecule has 4 heteroatoms. The summed E-state index contributed by atoms with van der Waals surface area (Å²) in [6, 6.07) is 11.2. The molecule has 0 atom stereocenters. The molecule has 0 radical (unpaired) electrons. The monoisotopic (exact) mass is 302 g/mol. The molecule has 4 nitrogen and oxygen atoms in total. The number of hydrogen-bond donors (Lipinski definition) is 1. The first kappa shape index (κ1) is 16.8. The second-order valence-corrected chi connectivity index (χ2v) is 6.37. The number of hydrogen-bond acceptors (Lipinski definition) is 2. The third-order valence-electron chi connectivity index (χ3n) is 4.37. The van der Waals surface area contributed by atoms with Gasteiger partial charge in [-0.15, -0.1) is 0 Å². The average molecular weight is 302 g/mol. The van der Waals surface area contributed by atoms with Crippen molar-refractivity contribution in [2.75, 3.05) is 34.2 Å². The maximum Gasteiger partial charge on any atom is 0.193 e. The summed E-state index contributed by atoms with van der Waals surface area (Å²) in [5.74, 6) is 0.962. The highest BCUT2D eigenvalue weighted by Crippen LogP contribution is 2.21. The number of nitrogens with one attached hydrogen (secondary N) is 1. The smallest absolute Gasteiger partial charge is 0.193 e. The fraction of sp³-hybridized carbons (Fsp3) is 0.611. The van der Waals surface area contributed by atoms with Crippen LogP contribution >= 0.6 is 0 Å². The van der Waals surface area contributed by atoms with E-state index in [2.05, 4.69) is 46.4 Å². The number of benzene rings is 1. The van der Waals surface area contributed by atoms with Crippen LogP contribution in [-0.2, 0) is 6.54 Å².